The molecule has 2 aliphatic rings. The lowest BCUT2D eigenvalue weighted by Crippen LogP contribution is -2.47. The number of hydrogen-bond donors (Lipinski definition) is 1. The number of thiazole rings is 1. The van der Waals surface area contributed by atoms with Crippen molar-refractivity contribution in [2.24, 2.45) is 5.41 Å². The van der Waals surface area contributed by atoms with E-state index in [-0.39, 0.29) is 24.5 Å². The van der Waals surface area contributed by atoms with Crippen LogP contribution in [0.1, 0.15) is 39.3 Å². The first-order valence-corrected chi connectivity index (χ1v) is 13.4. The molecule has 1 aliphatic carbocycles. The van der Waals surface area contributed by atoms with Crippen LogP contribution in [0.3, 0.4) is 0 Å². The average molecular weight is 522 g/mol. The summed E-state index contributed by atoms with van der Waals surface area (Å²) in [6, 6.07) is 11.5. The number of piperazine rings is 1. The standard InChI is InChI=1S/C28H31N3O5S/c1-30-9-11-31(12-10-30)27(35)20-13-21-23(14-22(20)36-2)37-25(29-21)8-7-24(32)28(17-26(33)34)15-18-5-3-4-6-19(18)16-28/h3-6,13-14H,7-12,15-17H2,1-2H3,(H,33,34). The molecule has 2 heterocycles. The molecule has 1 fully saturated rings. The Bertz CT molecular complexity index is 1330. The Balaban J connectivity index is 1.33. The van der Waals surface area contributed by atoms with Gasteiger partial charge in [-0.25, -0.2) is 4.98 Å². The average Bonchev–Trinajstić information content (AvgIpc) is 3.46. The first-order chi connectivity index (χ1) is 17.8. The summed E-state index contributed by atoms with van der Waals surface area (Å²) in [7, 11) is 3.61. The molecule has 1 N–H and O–H groups in total. The lowest BCUT2D eigenvalue weighted by atomic mass is 9.76. The van der Waals surface area contributed by atoms with Crippen molar-refractivity contribution in [2.45, 2.75) is 32.1 Å². The molecule has 1 aliphatic heterocycles. The highest BCUT2D eigenvalue weighted by atomic mass is 32.1. The normalized spacial score (nSPS) is 17.1. The van der Waals surface area contributed by atoms with Gasteiger partial charge in [0.15, 0.2) is 0 Å². The van der Waals surface area contributed by atoms with Crippen LogP contribution in [0.5, 0.6) is 5.75 Å². The van der Waals surface area contributed by atoms with E-state index in [4.69, 9.17) is 9.72 Å². The third-order valence-corrected chi connectivity index (χ3v) is 8.68. The fourth-order valence-corrected chi connectivity index (χ4v) is 6.49. The van der Waals surface area contributed by atoms with Crippen LogP contribution in [-0.2, 0) is 28.9 Å². The monoisotopic (exact) mass is 521 g/mol. The Labute approximate surface area is 219 Å². The number of amides is 1. The number of nitrogens with zero attached hydrogens (tertiary/aromatic N) is 3. The molecule has 0 bridgehead atoms. The van der Waals surface area contributed by atoms with E-state index in [1.165, 1.54) is 11.3 Å². The minimum Gasteiger partial charge on any atom is -0.496 e. The van der Waals surface area contributed by atoms with Gasteiger partial charge in [0, 0.05) is 50.5 Å². The van der Waals surface area contributed by atoms with Gasteiger partial charge in [-0.15, -0.1) is 11.3 Å². The second-order valence-corrected chi connectivity index (χ2v) is 11.2. The second kappa shape index (κ2) is 10.2. The molecule has 0 atom stereocenters. The summed E-state index contributed by atoms with van der Waals surface area (Å²) < 4.78 is 6.45. The fourth-order valence-electron chi connectivity index (χ4n) is 5.52. The van der Waals surface area contributed by atoms with Crippen molar-refractivity contribution in [1.29, 1.82) is 0 Å². The highest BCUT2D eigenvalue weighted by molar-refractivity contribution is 7.18. The van der Waals surface area contributed by atoms with Gasteiger partial charge in [0.05, 0.1) is 34.3 Å². The lowest BCUT2D eigenvalue weighted by Gasteiger charge is -2.32. The maximum atomic E-state index is 13.4. The van der Waals surface area contributed by atoms with Gasteiger partial charge in [0.1, 0.15) is 11.5 Å². The zero-order chi connectivity index (χ0) is 26.2. The largest absolute Gasteiger partial charge is 0.496 e. The van der Waals surface area contributed by atoms with Gasteiger partial charge >= 0.3 is 5.97 Å². The Morgan fingerprint density at radius 3 is 2.38 bits per heavy atom. The number of methoxy groups -OCH3 is 1. The van der Waals surface area contributed by atoms with Gasteiger partial charge in [-0.2, -0.15) is 0 Å². The quantitative estimate of drug-likeness (QED) is 0.485. The van der Waals surface area contributed by atoms with Crippen LogP contribution < -0.4 is 4.74 Å². The van der Waals surface area contributed by atoms with Crippen molar-refractivity contribution in [3.8, 4) is 5.75 Å². The van der Waals surface area contributed by atoms with Gasteiger partial charge < -0.3 is 19.6 Å². The van der Waals surface area contributed by atoms with Crippen LogP contribution in [0.25, 0.3) is 10.2 Å². The first kappa shape index (κ1) is 25.4. The molecule has 1 amide bonds. The van der Waals surface area contributed by atoms with Gasteiger partial charge in [0.2, 0.25) is 0 Å². The third-order valence-electron chi connectivity index (χ3n) is 7.60. The van der Waals surface area contributed by atoms with Crippen LogP contribution in [-0.4, -0.2) is 77.9 Å². The second-order valence-electron chi connectivity index (χ2n) is 10.1. The fraction of sp³-hybridized carbons (Fsp3) is 0.429. The summed E-state index contributed by atoms with van der Waals surface area (Å²) in [5.74, 6) is -0.528. The summed E-state index contributed by atoms with van der Waals surface area (Å²) >= 11 is 1.48. The molecule has 194 valence electrons. The van der Waals surface area contributed by atoms with E-state index in [2.05, 4.69) is 4.90 Å². The molecule has 0 unspecified atom stereocenters. The number of carbonyl (C=O) groups excluding carboxylic acids is 2. The minimum absolute atomic E-state index is 0.0335. The highest BCUT2D eigenvalue weighted by Crippen LogP contribution is 2.42. The van der Waals surface area contributed by atoms with E-state index in [0.717, 1.165) is 33.9 Å². The number of carboxylic acid groups (broad SMARTS) is 1. The van der Waals surface area contributed by atoms with E-state index in [9.17, 15) is 19.5 Å². The number of Topliss-reactive ketones (excluding diaryl/α,β-unsaturated/α-hetero) is 1. The van der Waals surface area contributed by atoms with E-state index in [1.807, 2.05) is 42.3 Å². The maximum Gasteiger partial charge on any atom is 0.304 e. The Kier molecular flexibility index (Phi) is 7.00. The maximum absolute atomic E-state index is 13.4. The molecule has 0 radical (unpaired) electrons. The smallest absolute Gasteiger partial charge is 0.304 e. The predicted octanol–water partition coefficient (Wildman–Crippen LogP) is 3.45. The van der Waals surface area contributed by atoms with Crippen molar-refractivity contribution < 1.29 is 24.2 Å². The molecule has 2 aromatic carbocycles. The number of ether oxygens (including phenoxy) is 1. The van der Waals surface area contributed by atoms with E-state index >= 15 is 0 Å². The van der Waals surface area contributed by atoms with Crippen molar-refractivity contribution in [3.05, 3.63) is 58.1 Å². The molecule has 9 heteroatoms. The van der Waals surface area contributed by atoms with Crippen molar-refractivity contribution in [3.63, 3.8) is 0 Å². The van der Waals surface area contributed by atoms with Gasteiger partial charge in [-0.1, -0.05) is 24.3 Å². The number of likely N-dealkylation sites (N-methyl/N-ethyl adjacent to an activating group) is 1. The molecular formula is C28H31N3O5S. The number of hydrogen-bond acceptors (Lipinski definition) is 7. The summed E-state index contributed by atoms with van der Waals surface area (Å²) in [4.78, 5) is 47.1. The van der Waals surface area contributed by atoms with Crippen LogP contribution in [0.15, 0.2) is 36.4 Å². The van der Waals surface area contributed by atoms with Gasteiger partial charge in [0.25, 0.3) is 5.91 Å². The summed E-state index contributed by atoms with van der Waals surface area (Å²) in [5.41, 5.74) is 2.41. The number of aryl methyl sites for hydroxylation is 1. The summed E-state index contributed by atoms with van der Waals surface area (Å²) in [6.07, 6.45) is 1.41. The zero-order valence-corrected chi connectivity index (χ0v) is 22.0. The molecule has 8 nitrogen and oxygen atoms in total. The molecular weight excluding hydrogens is 490 g/mol. The lowest BCUT2D eigenvalue weighted by molar-refractivity contribution is -0.144. The molecule has 37 heavy (non-hydrogen) atoms. The number of fused-ring (bicyclic) bond motifs is 2. The van der Waals surface area contributed by atoms with Crippen LogP contribution >= 0.6 is 11.3 Å². The van der Waals surface area contributed by atoms with Crippen molar-refractivity contribution in [1.82, 2.24) is 14.8 Å². The van der Waals surface area contributed by atoms with E-state index in [1.54, 1.807) is 13.2 Å². The SMILES string of the molecule is COc1cc2sc(CCC(=O)C3(CC(=O)O)Cc4ccccc4C3)nc2cc1C(=O)N1CCN(C)CC1. The van der Waals surface area contributed by atoms with Gasteiger partial charge in [-0.05, 0) is 37.1 Å². The van der Waals surface area contributed by atoms with Crippen LogP contribution in [0.2, 0.25) is 0 Å². The molecule has 1 saturated heterocycles. The predicted molar refractivity (Wildman–Crippen MR) is 141 cm³/mol. The van der Waals surface area contributed by atoms with Crippen molar-refractivity contribution >= 4 is 39.2 Å². The molecule has 0 saturated carbocycles. The number of ketones is 1. The number of benzene rings is 2. The first-order valence-electron chi connectivity index (χ1n) is 12.6. The van der Waals surface area contributed by atoms with Gasteiger partial charge in [-0.3, -0.25) is 14.4 Å². The topological polar surface area (TPSA) is 100 Å². The third kappa shape index (κ3) is 5.10. The van der Waals surface area contributed by atoms with E-state index < -0.39 is 11.4 Å². The molecule has 5 rings (SSSR count). The number of aromatic nitrogens is 1. The number of carboxylic acids is 1. The number of rotatable bonds is 8. The zero-order valence-electron chi connectivity index (χ0n) is 21.2. The van der Waals surface area contributed by atoms with Crippen LogP contribution in [0.4, 0.5) is 0 Å². The minimum atomic E-state index is -0.953. The molecule has 0 spiro atoms. The number of aliphatic carboxylic acids is 1. The Morgan fingerprint density at radius 2 is 1.76 bits per heavy atom. The van der Waals surface area contributed by atoms with Crippen molar-refractivity contribution in [2.75, 3.05) is 40.3 Å². The van der Waals surface area contributed by atoms with E-state index in [0.29, 0.717) is 49.2 Å². The number of carbonyl (C=O) groups is 3. The summed E-state index contributed by atoms with van der Waals surface area (Å²) in [5, 5.41) is 10.4. The van der Waals surface area contributed by atoms with Crippen LogP contribution in [0, 0.1) is 5.41 Å². The summed E-state index contributed by atoms with van der Waals surface area (Å²) in [6.45, 7) is 3.01. The molecule has 3 aromatic rings. The Morgan fingerprint density at radius 1 is 1.08 bits per heavy atom. The molecule has 1 aromatic heterocycles. The highest BCUT2D eigenvalue weighted by Gasteiger charge is 2.44. The Hall–Kier alpha value is -3.30.